The highest BCUT2D eigenvalue weighted by atomic mass is 16.5. The third-order valence-electron chi connectivity index (χ3n) is 15.8. The molecule has 0 aliphatic rings. The second kappa shape index (κ2) is 63.1. The first-order valence-corrected chi connectivity index (χ1v) is 33.4. The van der Waals surface area contributed by atoms with Gasteiger partial charge in [-0.1, -0.05) is 328 Å². The summed E-state index contributed by atoms with van der Waals surface area (Å²) in [6, 6.07) is -0.535. The average molecular weight is 1030 g/mol. The van der Waals surface area contributed by atoms with E-state index in [1.807, 2.05) is 0 Å². The van der Waals surface area contributed by atoms with Gasteiger partial charge in [-0.3, -0.25) is 9.59 Å². The lowest BCUT2D eigenvalue weighted by atomic mass is 10.0. The number of esters is 1. The van der Waals surface area contributed by atoms with Crippen molar-refractivity contribution in [2.45, 2.75) is 392 Å². The summed E-state index contributed by atoms with van der Waals surface area (Å²) in [6.07, 6.45) is 77.0. The second-order valence-electron chi connectivity index (χ2n) is 23.2. The van der Waals surface area contributed by atoms with Gasteiger partial charge in [0, 0.05) is 12.8 Å². The lowest BCUT2D eigenvalue weighted by molar-refractivity contribution is -0.143. The highest BCUT2D eigenvalue weighted by Gasteiger charge is 2.20. The molecule has 0 heterocycles. The Labute approximate surface area is 457 Å². The van der Waals surface area contributed by atoms with Crippen molar-refractivity contribution in [3.8, 4) is 0 Å². The van der Waals surface area contributed by atoms with Gasteiger partial charge in [0.1, 0.15) is 0 Å². The largest absolute Gasteiger partial charge is 0.466 e. The Kier molecular flexibility index (Phi) is 61.9. The lowest BCUT2D eigenvalue weighted by Gasteiger charge is -2.22. The first-order chi connectivity index (χ1) is 36.0. The van der Waals surface area contributed by atoms with Gasteiger partial charge in [0.2, 0.25) is 5.91 Å². The Morgan fingerprint density at radius 3 is 0.973 bits per heavy atom. The Bertz CT molecular complexity index is 1100. The molecule has 0 aromatic rings. The molecule has 0 saturated heterocycles. The molecule has 6 heteroatoms. The number of unbranched alkanes of at least 4 members (excludes halogenated alkanes) is 50. The van der Waals surface area contributed by atoms with Gasteiger partial charge in [-0.05, 0) is 51.4 Å². The molecule has 2 atom stereocenters. The van der Waals surface area contributed by atoms with Gasteiger partial charge in [-0.2, -0.15) is 0 Å². The van der Waals surface area contributed by atoms with E-state index in [0.29, 0.717) is 25.9 Å². The van der Waals surface area contributed by atoms with Gasteiger partial charge in [-0.15, -0.1) is 0 Å². The van der Waals surface area contributed by atoms with Crippen molar-refractivity contribution in [2.24, 2.45) is 0 Å². The minimum absolute atomic E-state index is 0.0138. The van der Waals surface area contributed by atoms with E-state index < -0.39 is 12.1 Å². The van der Waals surface area contributed by atoms with Crippen LogP contribution in [0.5, 0.6) is 0 Å². The first kappa shape index (κ1) is 71.6. The summed E-state index contributed by atoms with van der Waals surface area (Å²) in [5.74, 6) is -0.0172. The lowest BCUT2D eigenvalue weighted by Crippen LogP contribution is -2.45. The van der Waals surface area contributed by atoms with Crippen molar-refractivity contribution in [1.29, 1.82) is 0 Å². The SMILES string of the molecule is CCCCCCCC/C=C\CCCCCCCC(=O)OCCCCCCCCCCCCCCCCCCCCCCCCCCCCCCCCCCC(=O)NC(CO)C(O)CCCCCCCCCCC. The number of hydrogen-bond acceptors (Lipinski definition) is 5. The first-order valence-electron chi connectivity index (χ1n) is 33.4. The molecule has 0 bridgehead atoms. The van der Waals surface area contributed by atoms with Gasteiger partial charge in [-0.25, -0.2) is 0 Å². The van der Waals surface area contributed by atoms with Crippen LogP contribution in [0.4, 0.5) is 0 Å². The molecule has 0 fully saturated rings. The molecule has 6 nitrogen and oxygen atoms in total. The molecule has 0 aromatic heterocycles. The van der Waals surface area contributed by atoms with Gasteiger partial charge in [0.05, 0.1) is 25.4 Å². The fourth-order valence-corrected chi connectivity index (χ4v) is 10.7. The Morgan fingerprint density at radius 1 is 0.370 bits per heavy atom. The van der Waals surface area contributed by atoms with Gasteiger partial charge < -0.3 is 20.3 Å². The van der Waals surface area contributed by atoms with Crippen LogP contribution < -0.4 is 5.32 Å². The van der Waals surface area contributed by atoms with Gasteiger partial charge >= 0.3 is 5.97 Å². The summed E-state index contributed by atoms with van der Waals surface area (Å²) in [5.41, 5.74) is 0. The fraction of sp³-hybridized carbons (Fsp3) is 0.940. The summed E-state index contributed by atoms with van der Waals surface area (Å²) in [7, 11) is 0. The van der Waals surface area contributed by atoms with Crippen LogP contribution in [0.3, 0.4) is 0 Å². The summed E-state index contributed by atoms with van der Waals surface area (Å²) >= 11 is 0. The number of rotatable bonds is 63. The fourth-order valence-electron chi connectivity index (χ4n) is 10.7. The molecule has 0 saturated carbocycles. The molecular weight excluding hydrogens is 899 g/mol. The third-order valence-corrected chi connectivity index (χ3v) is 15.8. The van der Waals surface area contributed by atoms with Crippen LogP contribution in [0, 0.1) is 0 Å². The average Bonchev–Trinajstić information content (AvgIpc) is 3.39. The molecule has 0 aromatic carbocycles. The number of nitrogens with one attached hydrogen (secondary N) is 1. The number of carbonyl (C=O) groups is 2. The monoisotopic (exact) mass is 1030 g/mol. The molecule has 1 amide bonds. The molecular formula is C67H131NO5. The van der Waals surface area contributed by atoms with Crippen LogP contribution in [0.15, 0.2) is 12.2 Å². The van der Waals surface area contributed by atoms with E-state index in [4.69, 9.17) is 4.74 Å². The molecule has 0 rings (SSSR count). The van der Waals surface area contributed by atoms with Gasteiger partial charge in [0.15, 0.2) is 0 Å². The molecule has 0 spiro atoms. The maximum Gasteiger partial charge on any atom is 0.305 e. The maximum atomic E-state index is 12.4. The van der Waals surface area contributed by atoms with E-state index in [1.54, 1.807) is 0 Å². The van der Waals surface area contributed by atoms with Crippen molar-refractivity contribution >= 4 is 11.9 Å². The topological polar surface area (TPSA) is 95.9 Å². The predicted molar refractivity (Wildman–Crippen MR) is 320 cm³/mol. The molecule has 73 heavy (non-hydrogen) atoms. The van der Waals surface area contributed by atoms with Gasteiger partial charge in [0.25, 0.3) is 0 Å². The second-order valence-corrected chi connectivity index (χ2v) is 23.2. The van der Waals surface area contributed by atoms with Crippen LogP contribution in [0.25, 0.3) is 0 Å². The smallest absolute Gasteiger partial charge is 0.305 e. The summed E-state index contributed by atoms with van der Waals surface area (Å²) in [4.78, 5) is 24.5. The number of aliphatic hydroxyl groups is 2. The van der Waals surface area contributed by atoms with Crippen molar-refractivity contribution in [1.82, 2.24) is 5.32 Å². The maximum absolute atomic E-state index is 12.4. The van der Waals surface area contributed by atoms with Crippen molar-refractivity contribution < 1.29 is 24.5 Å². The third kappa shape index (κ3) is 59.7. The minimum Gasteiger partial charge on any atom is -0.466 e. The Hall–Kier alpha value is -1.40. The van der Waals surface area contributed by atoms with Crippen LogP contribution in [-0.2, 0) is 14.3 Å². The van der Waals surface area contributed by atoms with Crippen molar-refractivity contribution in [2.75, 3.05) is 13.2 Å². The Morgan fingerprint density at radius 2 is 0.644 bits per heavy atom. The minimum atomic E-state index is -0.658. The van der Waals surface area contributed by atoms with Crippen LogP contribution in [0.2, 0.25) is 0 Å². The van der Waals surface area contributed by atoms with E-state index in [-0.39, 0.29) is 18.5 Å². The number of aliphatic hydroxyl groups excluding tert-OH is 2. The molecule has 3 N–H and O–H groups in total. The van der Waals surface area contributed by atoms with Crippen molar-refractivity contribution in [3.05, 3.63) is 12.2 Å². The van der Waals surface area contributed by atoms with E-state index in [2.05, 4.69) is 31.3 Å². The number of hydrogen-bond donors (Lipinski definition) is 3. The number of carbonyl (C=O) groups excluding carboxylic acids is 2. The molecule has 0 aliphatic carbocycles. The van der Waals surface area contributed by atoms with E-state index >= 15 is 0 Å². The summed E-state index contributed by atoms with van der Waals surface area (Å²) in [5, 5.41) is 23.1. The molecule has 0 radical (unpaired) electrons. The van der Waals surface area contributed by atoms with E-state index in [9.17, 15) is 19.8 Å². The predicted octanol–water partition coefficient (Wildman–Crippen LogP) is 21.2. The molecule has 434 valence electrons. The standard InChI is InChI=1S/C67H131NO5/c1-3-5-7-9-11-13-14-15-34-38-41-45-49-53-57-61-67(72)73-62-58-54-50-46-42-39-36-33-31-29-27-25-23-21-19-17-16-18-20-22-24-26-28-30-32-35-37-40-44-48-52-56-60-66(71)68-64(63-69)65(70)59-55-51-47-43-12-10-8-6-4-2/h15,34,64-65,69-70H,3-14,16-33,35-63H2,1-2H3,(H,68,71)/b34-15-. The van der Waals surface area contributed by atoms with Crippen LogP contribution in [-0.4, -0.2) is 47.4 Å². The normalized spacial score (nSPS) is 12.5. The zero-order valence-corrected chi connectivity index (χ0v) is 49.6. The van der Waals surface area contributed by atoms with E-state index in [1.165, 1.54) is 302 Å². The number of amides is 1. The zero-order chi connectivity index (χ0) is 52.9. The van der Waals surface area contributed by atoms with Crippen molar-refractivity contribution in [3.63, 3.8) is 0 Å². The number of allylic oxidation sites excluding steroid dienone is 2. The zero-order valence-electron chi connectivity index (χ0n) is 49.6. The Balaban J connectivity index is 3.28. The molecule has 0 aliphatic heterocycles. The quantitative estimate of drug-likeness (QED) is 0.0320. The van der Waals surface area contributed by atoms with Crippen LogP contribution in [0.1, 0.15) is 380 Å². The summed E-state index contributed by atoms with van der Waals surface area (Å²) < 4.78 is 5.49. The highest BCUT2D eigenvalue weighted by Crippen LogP contribution is 2.19. The molecule has 2 unspecified atom stereocenters. The highest BCUT2D eigenvalue weighted by molar-refractivity contribution is 5.76. The van der Waals surface area contributed by atoms with Crippen LogP contribution >= 0.6 is 0 Å². The summed E-state index contributed by atoms with van der Waals surface area (Å²) in [6.45, 7) is 4.95. The van der Waals surface area contributed by atoms with E-state index in [0.717, 1.165) is 44.9 Å². The number of ether oxygens (including phenoxy) is 1.